The first-order valence-electron chi connectivity index (χ1n) is 7.32. The number of piperidine rings is 1. The van der Waals surface area contributed by atoms with Crippen molar-refractivity contribution >= 4 is 0 Å². The molecule has 1 heterocycles. The molecule has 0 amide bonds. The standard InChI is InChI=1S/C17H26FN/c1-16(2,3)14-19-11-9-17(18,10-12-19)13-15-7-5-4-6-8-15/h4-8H,9-14H2,1-3H3. The molecule has 2 heteroatoms. The molecule has 0 saturated carbocycles. The van der Waals surface area contributed by atoms with E-state index >= 15 is 0 Å². The number of rotatable bonds is 3. The lowest BCUT2D eigenvalue weighted by atomic mass is 9.86. The summed E-state index contributed by atoms with van der Waals surface area (Å²) in [4.78, 5) is 2.41. The van der Waals surface area contributed by atoms with E-state index in [0.717, 1.165) is 25.2 Å². The van der Waals surface area contributed by atoms with Crippen LogP contribution in [0.5, 0.6) is 0 Å². The lowest BCUT2D eigenvalue weighted by Crippen LogP contribution is -2.45. The third-order valence-corrected chi connectivity index (χ3v) is 3.81. The van der Waals surface area contributed by atoms with Crippen molar-refractivity contribution in [3.05, 3.63) is 35.9 Å². The van der Waals surface area contributed by atoms with Crippen molar-refractivity contribution in [2.45, 2.75) is 45.7 Å². The summed E-state index contributed by atoms with van der Waals surface area (Å²) in [5.74, 6) is 0. The van der Waals surface area contributed by atoms with Crippen LogP contribution < -0.4 is 0 Å². The van der Waals surface area contributed by atoms with E-state index in [1.807, 2.05) is 30.3 Å². The second-order valence-electron chi connectivity index (χ2n) is 7.15. The van der Waals surface area contributed by atoms with Crippen LogP contribution in [0.25, 0.3) is 0 Å². The van der Waals surface area contributed by atoms with E-state index in [4.69, 9.17) is 0 Å². The SMILES string of the molecule is CC(C)(C)CN1CCC(F)(Cc2ccccc2)CC1. The van der Waals surface area contributed by atoms with Crippen molar-refractivity contribution in [1.29, 1.82) is 0 Å². The van der Waals surface area contributed by atoms with Crippen LogP contribution >= 0.6 is 0 Å². The topological polar surface area (TPSA) is 3.24 Å². The predicted molar refractivity (Wildman–Crippen MR) is 79.1 cm³/mol. The average molecular weight is 263 g/mol. The molecule has 1 nitrogen and oxygen atoms in total. The van der Waals surface area contributed by atoms with E-state index in [0.29, 0.717) is 24.7 Å². The van der Waals surface area contributed by atoms with Gasteiger partial charge in [0.15, 0.2) is 0 Å². The van der Waals surface area contributed by atoms with Crippen molar-refractivity contribution in [1.82, 2.24) is 4.90 Å². The van der Waals surface area contributed by atoms with Gasteiger partial charge in [-0.2, -0.15) is 0 Å². The highest BCUT2D eigenvalue weighted by Gasteiger charge is 2.35. The Morgan fingerprint density at radius 2 is 1.68 bits per heavy atom. The van der Waals surface area contributed by atoms with Crippen LogP contribution in [0.15, 0.2) is 30.3 Å². The molecule has 0 spiro atoms. The molecule has 1 fully saturated rings. The number of hydrogen-bond acceptors (Lipinski definition) is 1. The van der Waals surface area contributed by atoms with Crippen molar-refractivity contribution in [2.75, 3.05) is 19.6 Å². The van der Waals surface area contributed by atoms with Crippen LogP contribution in [-0.4, -0.2) is 30.2 Å². The first-order valence-corrected chi connectivity index (χ1v) is 7.32. The lowest BCUT2D eigenvalue weighted by Gasteiger charge is -2.39. The van der Waals surface area contributed by atoms with Gasteiger partial charge in [0, 0.05) is 26.1 Å². The molecule has 1 aliphatic rings. The van der Waals surface area contributed by atoms with Gasteiger partial charge < -0.3 is 4.90 Å². The first-order chi connectivity index (χ1) is 8.86. The highest BCUT2D eigenvalue weighted by molar-refractivity contribution is 5.17. The molecule has 2 rings (SSSR count). The molecule has 0 bridgehead atoms. The van der Waals surface area contributed by atoms with E-state index < -0.39 is 5.67 Å². The van der Waals surface area contributed by atoms with Crippen LogP contribution in [0.1, 0.15) is 39.2 Å². The summed E-state index contributed by atoms with van der Waals surface area (Å²) in [6, 6.07) is 10.0. The van der Waals surface area contributed by atoms with Crippen molar-refractivity contribution in [2.24, 2.45) is 5.41 Å². The van der Waals surface area contributed by atoms with Crippen LogP contribution in [-0.2, 0) is 6.42 Å². The number of hydrogen-bond donors (Lipinski definition) is 0. The molecule has 1 aromatic carbocycles. The second-order valence-corrected chi connectivity index (χ2v) is 7.15. The minimum Gasteiger partial charge on any atom is -0.303 e. The summed E-state index contributed by atoms with van der Waals surface area (Å²) >= 11 is 0. The molecule has 0 aromatic heterocycles. The van der Waals surface area contributed by atoms with Crippen LogP contribution in [0, 0.1) is 5.41 Å². The van der Waals surface area contributed by atoms with Gasteiger partial charge in [0.1, 0.15) is 5.67 Å². The molecule has 19 heavy (non-hydrogen) atoms. The van der Waals surface area contributed by atoms with Gasteiger partial charge in [-0.1, -0.05) is 51.1 Å². The van der Waals surface area contributed by atoms with Gasteiger partial charge in [-0.3, -0.25) is 0 Å². The zero-order valence-electron chi connectivity index (χ0n) is 12.5. The summed E-state index contributed by atoms with van der Waals surface area (Å²) < 4.78 is 14.8. The van der Waals surface area contributed by atoms with E-state index in [-0.39, 0.29) is 0 Å². The van der Waals surface area contributed by atoms with Crippen LogP contribution in [0.4, 0.5) is 4.39 Å². The van der Waals surface area contributed by atoms with Gasteiger partial charge in [-0.15, -0.1) is 0 Å². The van der Waals surface area contributed by atoms with E-state index in [1.165, 1.54) is 0 Å². The quantitative estimate of drug-likeness (QED) is 0.794. The van der Waals surface area contributed by atoms with E-state index in [9.17, 15) is 4.39 Å². The molecular weight excluding hydrogens is 237 g/mol. The predicted octanol–water partition coefficient (Wildman–Crippen LogP) is 4.08. The highest BCUT2D eigenvalue weighted by Crippen LogP contribution is 2.31. The third kappa shape index (κ3) is 4.61. The average Bonchev–Trinajstić information content (AvgIpc) is 2.32. The monoisotopic (exact) mass is 263 g/mol. The fourth-order valence-electron chi connectivity index (χ4n) is 2.92. The Hall–Kier alpha value is -0.890. The minimum atomic E-state index is -1.00. The summed E-state index contributed by atoms with van der Waals surface area (Å²) in [6.45, 7) is 9.58. The van der Waals surface area contributed by atoms with E-state index in [1.54, 1.807) is 0 Å². The van der Waals surface area contributed by atoms with E-state index in [2.05, 4.69) is 25.7 Å². The maximum Gasteiger partial charge on any atom is 0.117 e. The Bertz CT molecular complexity index is 385. The number of benzene rings is 1. The Kier molecular flexibility index (Phi) is 4.29. The lowest BCUT2D eigenvalue weighted by molar-refractivity contribution is 0.0442. The summed E-state index contributed by atoms with van der Waals surface area (Å²) in [5.41, 5.74) is 0.417. The summed E-state index contributed by atoms with van der Waals surface area (Å²) in [5, 5.41) is 0. The van der Waals surface area contributed by atoms with Crippen LogP contribution in [0.3, 0.4) is 0 Å². The zero-order chi connectivity index (χ0) is 13.9. The number of likely N-dealkylation sites (tertiary alicyclic amines) is 1. The Labute approximate surface area is 116 Å². The molecular formula is C17H26FN. The molecule has 0 N–H and O–H groups in total. The largest absolute Gasteiger partial charge is 0.303 e. The molecule has 1 saturated heterocycles. The molecule has 0 radical (unpaired) electrons. The Balaban J connectivity index is 1.88. The second kappa shape index (κ2) is 5.62. The number of nitrogens with zero attached hydrogens (tertiary/aromatic N) is 1. The van der Waals surface area contributed by atoms with Gasteiger partial charge in [-0.25, -0.2) is 4.39 Å². The molecule has 0 aliphatic carbocycles. The number of halogens is 1. The fraction of sp³-hybridized carbons (Fsp3) is 0.647. The Morgan fingerprint density at radius 1 is 1.11 bits per heavy atom. The van der Waals surface area contributed by atoms with Gasteiger partial charge >= 0.3 is 0 Å². The summed E-state index contributed by atoms with van der Waals surface area (Å²) in [6.07, 6.45) is 1.90. The normalized spacial score (nSPS) is 20.4. The van der Waals surface area contributed by atoms with Gasteiger partial charge in [0.05, 0.1) is 0 Å². The van der Waals surface area contributed by atoms with Crippen molar-refractivity contribution in [3.63, 3.8) is 0 Å². The van der Waals surface area contributed by atoms with Crippen molar-refractivity contribution < 1.29 is 4.39 Å². The molecule has 1 aliphatic heterocycles. The first kappa shape index (κ1) is 14.5. The summed E-state index contributed by atoms with van der Waals surface area (Å²) in [7, 11) is 0. The maximum absolute atomic E-state index is 14.8. The smallest absolute Gasteiger partial charge is 0.117 e. The molecule has 0 unspecified atom stereocenters. The highest BCUT2D eigenvalue weighted by atomic mass is 19.1. The number of alkyl halides is 1. The zero-order valence-corrected chi connectivity index (χ0v) is 12.5. The molecule has 1 aromatic rings. The Morgan fingerprint density at radius 3 is 2.21 bits per heavy atom. The van der Waals surface area contributed by atoms with Gasteiger partial charge in [0.2, 0.25) is 0 Å². The van der Waals surface area contributed by atoms with Crippen molar-refractivity contribution in [3.8, 4) is 0 Å². The van der Waals surface area contributed by atoms with Gasteiger partial charge in [0.25, 0.3) is 0 Å². The maximum atomic E-state index is 14.8. The van der Waals surface area contributed by atoms with Gasteiger partial charge in [-0.05, 0) is 23.8 Å². The minimum absolute atomic E-state index is 0.301. The molecule has 106 valence electrons. The third-order valence-electron chi connectivity index (χ3n) is 3.81. The van der Waals surface area contributed by atoms with Crippen LogP contribution in [0.2, 0.25) is 0 Å². The fourth-order valence-corrected chi connectivity index (χ4v) is 2.92. The molecule has 0 atom stereocenters.